The zero-order valence-corrected chi connectivity index (χ0v) is 20.6. The van der Waals surface area contributed by atoms with Crippen LogP contribution in [0.25, 0.3) is 16.6 Å². The highest BCUT2D eigenvalue weighted by atomic mass is 32.2. The van der Waals surface area contributed by atoms with E-state index in [1.807, 2.05) is 6.92 Å². The standard InChI is InChI=1S/C26H22FN5O4S/c1-14-9-16(36-24-6-4-3-5-18(24)27)7-8-22(14)32-26(28)17(13-29-32)25(34)21-10-15-11-23(33)20(31-37(2)35)12-19(15)30-21/h3-13,30-31,33H,28H2,1-2H3. The number of nitrogens with zero attached hydrogens (tertiary/aromatic N) is 2. The fourth-order valence-corrected chi connectivity index (χ4v) is 4.45. The Morgan fingerprint density at radius 3 is 2.73 bits per heavy atom. The fraction of sp³-hybridized carbons (Fsp3) is 0.0769. The van der Waals surface area contributed by atoms with Crippen molar-refractivity contribution in [3.63, 3.8) is 0 Å². The highest BCUT2D eigenvalue weighted by molar-refractivity contribution is 7.92. The van der Waals surface area contributed by atoms with E-state index >= 15 is 0 Å². The van der Waals surface area contributed by atoms with Crippen molar-refractivity contribution in [2.75, 3.05) is 16.7 Å². The van der Waals surface area contributed by atoms with Crippen LogP contribution in [0.15, 0.2) is 66.9 Å². The normalized spacial score (nSPS) is 12.0. The van der Waals surface area contributed by atoms with Gasteiger partial charge in [-0.05, 0) is 61.0 Å². The van der Waals surface area contributed by atoms with Gasteiger partial charge in [-0.15, -0.1) is 0 Å². The Labute approximate surface area is 214 Å². The number of hydrogen-bond donors (Lipinski definition) is 4. The van der Waals surface area contributed by atoms with Crippen LogP contribution in [0.3, 0.4) is 0 Å². The molecule has 2 heterocycles. The second kappa shape index (κ2) is 9.52. The van der Waals surface area contributed by atoms with Crippen molar-refractivity contribution in [3.8, 4) is 22.9 Å². The molecule has 9 nitrogen and oxygen atoms in total. The van der Waals surface area contributed by atoms with Gasteiger partial charge in [0.25, 0.3) is 0 Å². The van der Waals surface area contributed by atoms with Crippen molar-refractivity contribution in [1.29, 1.82) is 0 Å². The summed E-state index contributed by atoms with van der Waals surface area (Å²) >= 11 is -1.38. The summed E-state index contributed by atoms with van der Waals surface area (Å²) in [5.74, 6) is -0.255. The summed E-state index contributed by atoms with van der Waals surface area (Å²) in [7, 11) is 0. The number of anilines is 2. The van der Waals surface area contributed by atoms with Gasteiger partial charge in [-0.2, -0.15) is 5.10 Å². The van der Waals surface area contributed by atoms with Gasteiger partial charge in [-0.3, -0.25) is 4.79 Å². The molecule has 0 saturated heterocycles. The van der Waals surface area contributed by atoms with E-state index in [0.29, 0.717) is 22.3 Å². The van der Waals surface area contributed by atoms with Crippen molar-refractivity contribution < 1.29 is 23.6 Å². The summed E-state index contributed by atoms with van der Waals surface area (Å²) < 4.78 is 35.1. The highest BCUT2D eigenvalue weighted by Crippen LogP contribution is 2.32. The molecule has 0 fully saturated rings. The molecule has 5 N–H and O–H groups in total. The molecule has 0 spiro atoms. The topological polar surface area (TPSA) is 141 Å². The molecule has 5 rings (SSSR count). The van der Waals surface area contributed by atoms with Gasteiger partial charge in [0.1, 0.15) is 29.3 Å². The summed E-state index contributed by atoms with van der Waals surface area (Å²) in [4.78, 5) is 16.3. The minimum Gasteiger partial charge on any atom is -0.593 e. The van der Waals surface area contributed by atoms with Crippen LogP contribution < -0.4 is 15.2 Å². The van der Waals surface area contributed by atoms with E-state index in [9.17, 15) is 18.8 Å². The van der Waals surface area contributed by atoms with Crippen LogP contribution in [0.4, 0.5) is 15.9 Å². The number of ether oxygens (including phenoxy) is 1. The molecule has 1 atom stereocenters. The van der Waals surface area contributed by atoms with E-state index in [4.69, 9.17) is 10.5 Å². The van der Waals surface area contributed by atoms with E-state index in [1.165, 1.54) is 35.3 Å². The number of nitrogen functional groups attached to an aromatic ring is 1. The molecular formula is C26H22FN5O4S. The number of fused-ring (bicyclic) bond motifs is 1. The lowest BCUT2D eigenvalue weighted by Crippen LogP contribution is -2.09. The molecule has 5 aromatic rings. The number of aromatic nitrogens is 3. The lowest BCUT2D eigenvalue weighted by Gasteiger charge is -2.12. The van der Waals surface area contributed by atoms with Crippen LogP contribution in [-0.4, -0.2) is 36.5 Å². The quantitative estimate of drug-likeness (QED) is 0.137. The van der Waals surface area contributed by atoms with Crippen LogP contribution in [0.5, 0.6) is 17.2 Å². The van der Waals surface area contributed by atoms with Crippen LogP contribution in [-0.2, 0) is 11.4 Å². The number of phenols is 1. The maximum atomic E-state index is 13.9. The molecule has 1 unspecified atom stereocenters. The molecule has 0 amide bonds. The van der Waals surface area contributed by atoms with Crippen LogP contribution in [0.2, 0.25) is 0 Å². The number of aromatic amines is 1. The smallest absolute Gasteiger partial charge is 0.214 e. The number of aryl methyl sites for hydroxylation is 1. The Morgan fingerprint density at radius 1 is 1.22 bits per heavy atom. The number of hydrogen-bond acceptors (Lipinski definition) is 7. The van der Waals surface area contributed by atoms with Crippen LogP contribution in [0, 0.1) is 12.7 Å². The third-order valence-electron chi connectivity index (χ3n) is 5.75. The Bertz CT molecular complexity index is 1650. The maximum absolute atomic E-state index is 13.9. The predicted molar refractivity (Wildman–Crippen MR) is 140 cm³/mol. The Kier molecular flexibility index (Phi) is 6.24. The van der Waals surface area contributed by atoms with E-state index in [-0.39, 0.29) is 40.0 Å². The van der Waals surface area contributed by atoms with E-state index in [1.54, 1.807) is 42.5 Å². The van der Waals surface area contributed by atoms with Gasteiger partial charge in [0.15, 0.2) is 11.6 Å². The predicted octanol–water partition coefficient (Wildman–Crippen LogP) is 4.82. The lowest BCUT2D eigenvalue weighted by molar-refractivity contribution is 0.103. The number of H-pyrrole nitrogens is 1. The van der Waals surface area contributed by atoms with Crippen LogP contribution in [0.1, 0.15) is 21.6 Å². The van der Waals surface area contributed by atoms with Gasteiger partial charge >= 0.3 is 0 Å². The van der Waals surface area contributed by atoms with Gasteiger partial charge < -0.3 is 25.1 Å². The molecule has 0 bridgehead atoms. The minimum atomic E-state index is -1.38. The number of aromatic hydroxyl groups is 1. The number of nitrogens with two attached hydrogens (primary N) is 1. The summed E-state index contributed by atoms with van der Waals surface area (Å²) in [6, 6.07) is 15.9. The SMILES string of the molecule is Cc1cc(Oc2ccccc2F)ccc1-n1ncc(C(=O)c2cc3cc(O)c(N[S+](C)[O-])cc3[nH]2)c1N. The monoisotopic (exact) mass is 519 g/mol. The zero-order valence-electron chi connectivity index (χ0n) is 19.8. The average molecular weight is 520 g/mol. The average Bonchev–Trinajstić information content (AvgIpc) is 3.43. The molecule has 11 heteroatoms. The molecule has 188 valence electrons. The molecule has 0 saturated carbocycles. The number of ketones is 1. The maximum Gasteiger partial charge on any atom is 0.214 e. The molecule has 0 radical (unpaired) electrons. The summed E-state index contributed by atoms with van der Waals surface area (Å²) in [5, 5.41) is 15.1. The Morgan fingerprint density at radius 2 is 2.00 bits per heavy atom. The van der Waals surface area contributed by atoms with Gasteiger partial charge in [0.2, 0.25) is 5.78 Å². The Hall–Kier alpha value is -4.48. The molecule has 37 heavy (non-hydrogen) atoms. The van der Waals surface area contributed by atoms with Gasteiger partial charge in [0, 0.05) is 10.9 Å². The van der Waals surface area contributed by atoms with Crippen molar-refractivity contribution in [1.82, 2.24) is 14.8 Å². The number of carbonyl (C=O) groups excluding carboxylic acids is 1. The zero-order chi connectivity index (χ0) is 26.3. The first-order valence-corrected chi connectivity index (χ1v) is 12.6. The number of rotatable bonds is 7. The fourth-order valence-electron chi connectivity index (χ4n) is 3.98. The first kappa shape index (κ1) is 24.2. The molecule has 0 aliphatic carbocycles. The van der Waals surface area contributed by atoms with Crippen molar-refractivity contribution in [3.05, 3.63) is 89.5 Å². The van der Waals surface area contributed by atoms with Gasteiger partial charge in [0.05, 0.1) is 34.5 Å². The number of nitrogens with one attached hydrogen (secondary N) is 2. The third kappa shape index (κ3) is 4.69. The molecule has 0 aliphatic heterocycles. The molecule has 2 aromatic heterocycles. The number of carbonyl (C=O) groups is 1. The van der Waals surface area contributed by atoms with E-state index in [2.05, 4.69) is 14.8 Å². The Balaban J connectivity index is 1.42. The molecular weight excluding hydrogens is 497 g/mol. The second-order valence-electron chi connectivity index (χ2n) is 8.36. The highest BCUT2D eigenvalue weighted by Gasteiger charge is 2.21. The first-order chi connectivity index (χ1) is 17.7. The molecule has 3 aromatic carbocycles. The van der Waals surface area contributed by atoms with Gasteiger partial charge in [-0.25, -0.2) is 13.8 Å². The van der Waals surface area contributed by atoms with Crippen molar-refractivity contribution >= 4 is 39.6 Å². The molecule has 0 aliphatic rings. The summed E-state index contributed by atoms with van der Waals surface area (Å²) in [5.41, 5.74) is 8.99. The van der Waals surface area contributed by atoms with E-state index < -0.39 is 17.2 Å². The summed E-state index contributed by atoms with van der Waals surface area (Å²) in [6.45, 7) is 1.82. The van der Waals surface area contributed by atoms with E-state index in [0.717, 1.165) is 5.56 Å². The number of phenolic OH excluding ortho intramolecular Hbond substituents is 1. The van der Waals surface area contributed by atoms with Gasteiger partial charge in [-0.1, -0.05) is 12.1 Å². The van der Waals surface area contributed by atoms with Crippen LogP contribution >= 0.6 is 0 Å². The third-order valence-corrected chi connectivity index (χ3v) is 6.25. The summed E-state index contributed by atoms with van der Waals surface area (Å²) in [6.07, 6.45) is 2.83. The first-order valence-electron chi connectivity index (χ1n) is 11.1. The lowest BCUT2D eigenvalue weighted by atomic mass is 10.1. The largest absolute Gasteiger partial charge is 0.593 e. The number of para-hydroxylation sites is 1. The number of halogens is 1. The minimum absolute atomic E-state index is 0.0917. The van der Waals surface area contributed by atoms with Crippen molar-refractivity contribution in [2.24, 2.45) is 0 Å². The number of benzene rings is 3. The van der Waals surface area contributed by atoms with Crippen molar-refractivity contribution in [2.45, 2.75) is 6.92 Å². The second-order valence-corrected chi connectivity index (χ2v) is 9.47.